The van der Waals surface area contributed by atoms with Crippen LogP contribution in [0, 0.1) is 0 Å². The van der Waals surface area contributed by atoms with Crippen LogP contribution in [0.3, 0.4) is 0 Å². The van der Waals surface area contributed by atoms with Gasteiger partial charge >= 0.3 is 18.2 Å². The minimum Gasteiger partial charge on any atom is -0.480 e. The minimum absolute atomic E-state index is 0.0513. The van der Waals surface area contributed by atoms with E-state index in [0.29, 0.717) is 24.3 Å². The van der Waals surface area contributed by atoms with Gasteiger partial charge in [-0.1, -0.05) is 18.2 Å². The number of unbranched alkanes of at least 4 members (excludes halogenated alkanes) is 1. The molecule has 1 aromatic rings. The summed E-state index contributed by atoms with van der Waals surface area (Å²) in [5.74, 6) is -1.13. The molecule has 0 heterocycles. The minimum atomic E-state index is -1.41. The smallest absolute Gasteiger partial charge is 0.425 e. The molecule has 3 N–H and O–H groups in total. The second-order valence-corrected chi connectivity index (χ2v) is 6.67. The van der Waals surface area contributed by atoms with Gasteiger partial charge in [0.1, 0.15) is 17.4 Å². The van der Waals surface area contributed by atoms with Gasteiger partial charge in [-0.15, -0.1) is 0 Å². The van der Waals surface area contributed by atoms with Gasteiger partial charge in [0.25, 0.3) is 0 Å². The first kappa shape index (κ1) is 21.4. The van der Waals surface area contributed by atoms with Gasteiger partial charge in [-0.3, -0.25) is 0 Å². The zero-order valence-corrected chi connectivity index (χ0v) is 15.3. The molecule has 8 heteroatoms. The first-order valence-corrected chi connectivity index (χ1v) is 8.37. The largest absolute Gasteiger partial charge is 0.480 e. The molecule has 0 unspecified atom stereocenters. The maximum absolute atomic E-state index is 12.5. The van der Waals surface area contributed by atoms with Gasteiger partial charge in [-0.05, 0) is 58.7 Å². The number of nitrogens with zero attached hydrogens (tertiary/aromatic N) is 1. The number of aliphatic carboxylic acids is 1. The van der Waals surface area contributed by atoms with Crippen molar-refractivity contribution >= 4 is 18.2 Å². The number of para-hydroxylation sites is 1. The normalized spacial score (nSPS) is 12.2. The fourth-order valence-corrected chi connectivity index (χ4v) is 2.12. The van der Waals surface area contributed by atoms with Crippen molar-refractivity contribution in [3.8, 4) is 5.75 Å². The maximum Gasteiger partial charge on any atom is 0.425 e. The van der Waals surface area contributed by atoms with Crippen LogP contribution in [0.4, 0.5) is 9.59 Å². The number of carbonyl (C=O) groups is 3. The third-order valence-corrected chi connectivity index (χ3v) is 3.26. The molecule has 0 radical (unpaired) electrons. The van der Waals surface area contributed by atoms with Crippen molar-refractivity contribution in [2.75, 3.05) is 6.54 Å². The highest BCUT2D eigenvalue weighted by Crippen LogP contribution is 2.19. The second-order valence-electron chi connectivity index (χ2n) is 6.67. The zero-order valence-electron chi connectivity index (χ0n) is 15.3. The number of nitrogens with two attached hydrogens (primary N) is 1. The molecule has 0 aliphatic heterocycles. The van der Waals surface area contributed by atoms with Crippen LogP contribution in [0.1, 0.15) is 40.0 Å². The highest BCUT2D eigenvalue weighted by atomic mass is 16.6. The highest BCUT2D eigenvalue weighted by molar-refractivity contribution is 5.94. The third kappa shape index (κ3) is 7.10. The molecule has 1 aromatic carbocycles. The van der Waals surface area contributed by atoms with E-state index in [-0.39, 0.29) is 12.2 Å². The van der Waals surface area contributed by atoms with Crippen LogP contribution < -0.4 is 10.5 Å². The van der Waals surface area contributed by atoms with Crippen LogP contribution in [0.5, 0.6) is 5.75 Å². The number of rotatable bonds is 7. The lowest BCUT2D eigenvalue weighted by Crippen LogP contribution is -2.51. The standard InChI is InChI=1S/C18H26N2O6/c1-18(2,3)26-17(24)20(14(15(21)22)11-7-8-12-19)16(23)25-13-9-5-4-6-10-13/h4-6,9-10,14H,7-8,11-12,19H2,1-3H3,(H,21,22)/t14-/m0/s1. The maximum atomic E-state index is 12.5. The molecule has 1 atom stereocenters. The summed E-state index contributed by atoms with van der Waals surface area (Å²) in [4.78, 5) is 37.2. The fraction of sp³-hybridized carbons (Fsp3) is 0.500. The number of amides is 2. The van der Waals surface area contributed by atoms with Gasteiger partial charge in [-0.25, -0.2) is 14.4 Å². The van der Waals surface area contributed by atoms with Crippen molar-refractivity contribution in [2.24, 2.45) is 5.73 Å². The van der Waals surface area contributed by atoms with E-state index in [1.165, 1.54) is 12.1 Å². The Morgan fingerprint density at radius 3 is 2.23 bits per heavy atom. The number of carboxylic acid groups (broad SMARTS) is 1. The van der Waals surface area contributed by atoms with Crippen LogP contribution in [0.15, 0.2) is 30.3 Å². The van der Waals surface area contributed by atoms with E-state index in [1.54, 1.807) is 39.0 Å². The lowest BCUT2D eigenvalue weighted by atomic mass is 10.1. The summed E-state index contributed by atoms with van der Waals surface area (Å²) in [6.45, 7) is 5.24. The lowest BCUT2D eigenvalue weighted by molar-refractivity contribution is -0.142. The van der Waals surface area contributed by atoms with Crippen LogP contribution in [-0.4, -0.2) is 46.3 Å². The van der Waals surface area contributed by atoms with Crippen molar-refractivity contribution in [2.45, 2.75) is 51.7 Å². The van der Waals surface area contributed by atoms with Crippen molar-refractivity contribution in [1.82, 2.24) is 4.90 Å². The number of hydrogen-bond acceptors (Lipinski definition) is 6. The van der Waals surface area contributed by atoms with Gasteiger partial charge in [0.2, 0.25) is 0 Å². The van der Waals surface area contributed by atoms with E-state index in [1.807, 2.05) is 0 Å². The van der Waals surface area contributed by atoms with Crippen molar-refractivity contribution in [3.05, 3.63) is 30.3 Å². The molecule has 1 rings (SSSR count). The summed E-state index contributed by atoms with van der Waals surface area (Å²) >= 11 is 0. The molecule has 0 aliphatic rings. The molecule has 0 saturated heterocycles. The number of carbonyl (C=O) groups excluding carboxylic acids is 2. The molecule has 0 spiro atoms. The summed E-state index contributed by atoms with van der Waals surface area (Å²) in [5.41, 5.74) is 4.53. The van der Waals surface area contributed by atoms with Crippen LogP contribution in [0.25, 0.3) is 0 Å². The Balaban J connectivity index is 3.07. The molecule has 0 saturated carbocycles. The number of benzene rings is 1. The number of imide groups is 1. The predicted molar refractivity (Wildman–Crippen MR) is 94.9 cm³/mol. The van der Waals surface area contributed by atoms with Gasteiger partial charge in [-0.2, -0.15) is 4.90 Å². The van der Waals surface area contributed by atoms with E-state index < -0.39 is 29.8 Å². The molecular weight excluding hydrogens is 340 g/mol. The van der Waals surface area contributed by atoms with E-state index in [4.69, 9.17) is 15.2 Å². The first-order chi connectivity index (χ1) is 12.2. The summed E-state index contributed by atoms with van der Waals surface area (Å²) in [7, 11) is 0. The SMILES string of the molecule is CC(C)(C)OC(=O)N(C(=O)Oc1ccccc1)[C@@H](CCCCN)C(=O)O. The molecule has 26 heavy (non-hydrogen) atoms. The van der Waals surface area contributed by atoms with Crippen LogP contribution >= 0.6 is 0 Å². The summed E-state index contributed by atoms with van der Waals surface area (Å²) in [6, 6.07) is 6.67. The Bertz CT molecular complexity index is 612. The quantitative estimate of drug-likeness (QED) is 0.712. The predicted octanol–water partition coefficient (Wildman–Crippen LogP) is 3.00. The Morgan fingerprint density at radius 2 is 1.73 bits per heavy atom. The number of hydrogen-bond donors (Lipinski definition) is 2. The van der Waals surface area contributed by atoms with Gasteiger partial charge < -0.3 is 20.3 Å². The second kappa shape index (κ2) is 9.76. The Morgan fingerprint density at radius 1 is 1.12 bits per heavy atom. The topological polar surface area (TPSA) is 119 Å². The molecule has 144 valence electrons. The monoisotopic (exact) mass is 366 g/mol. The lowest BCUT2D eigenvalue weighted by Gasteiger charge is -2.29. The van der Waals surface area contributed by atoms with E-state index in [9.17, 15) is 19.5 Å². The van der Waals surface area contributed by atoms with Crippen molar-refractivity contribution < 1.29 is 29.0 Å². The van der Waals surface area contributed by atoms with E-state index in [0.717, 1.165) is 0 Å². The number of carboxylic acids is 1. The molecule has 0 aliphatic carbocycles. The molecular formula is C18H26N2O6. The van der Waals surface area contributed by atoms with E-state index >= 15 is 0 Å². The van der Waals surface area contributed by atoms with Gasteiger partial charge in [0.15, 0.2) is 0 Å². The van der Waals surface area contributed by atoms with E-state index in [2.05, 4.69) is 0 Å². The van der Waals surface area contributed by atoms with Crippen molar-refractivity contribution in [1.29, 1.82) is 0 Å². The molecule has 8 nitrogen and oxygen atoms in total. The average molecular weight is 366 g/mol. The van der Waals surface area contributed by atoms with Gasteiger partial charge in [0.05, 0.1) is 0 Å². The summed E-state index contributed by atoms with van der Waals surface area (Å²) in [6.07, 6.45) is -1.12. The number of ether oxygens (including phenoxy) is 2. The highest BCUT2D eigenvalue weighted by Gasteiger charge is 2.38. The van der Waals surface area contributed by atoms with Gasteiger partial charge in [0, 0.05) is 0 Å². The Hall–Kier alpha value is -2.61. The average Bonchev–Trinajstić information content (AvgIpc) is 2.53. The Kier molecular flexibility index (Phi) is 8.05. The fourth-order valence-electron chi connectivity index (χ4n) is 2.12. The Labute approximate surface area is 152 Å². The van der Waals surface area contributed by atoms with Crippen LogP contribution in [0.2, 0.25) is 0 Å². The summed E-state index contributed by atoms with van der Waals surface area (Å²) in [5, 5.41) is 9.52. The molecule has 0 aromatic heterocycles. The van der Waals surface area contributed by atoms with Crippen LogP contribution in [-0.2, 0) is 9.53 Å². The summed E-state index contributed by atoms with van der Waals surface area (Å²) < 4.78 is 10.3. The zero-order chi connectivity index (χ0) is 19.7. The first-order valence-electron chi connectivity index (χ1n) is 8.37. The van der Waals surface area contributed by atoms with Crippen molar-refractivity contribution in [3.63, 3.8) is 0 Å². The molecule has 0 fully saturated rings. The molecule has 0 bridgehead atoms. The third-order valence-electron chi connectivity index (χ3n) is 3.26. The molecule has 2 amide bonds.